The fourth-order valence-corrected chi connectivity index (χ4v) is 2.22. The van der Waals surface area contributed by atoms with Crippen LogP contribution in [0.25, 0.3) is 0 Å². The van der Waals surface area contributed by atoms with E-state index in [1.807, 2.05) is 17.0 Å². The molecule has 1 heterocycles. The average Bonchev–Trinajstić information content (AvgIpc) is 2.60. The molecular formula is C11H14BrClN2O. The van der Waals surface area contributed by atoms with E-state index < -0.39 is 0 Å². The Labute approximate surface area is 110 Å². The molecule has 1 aromatic rings. The highest BCUT2D eigenvalue weighted by Crippen LogP contribution is 2.31. The summed E-state index contributed by atoms with van der Waals surface area (Å²) in [6.45, 7) is 1.20. The lowest BCUT2D eigenvalue weighted by Gasteiger charge is -2.16. The molecule has 0 radical (unpaired) electrons. The predicted octanol–water partition coefficient (Wildman–Crippen LogP) is 2.11. The van der Waals surface area contributed by atoms with Gasteiger partial charge in [-0.3, -0.25) is 4.79 Å². The molecular weight excluding hydrogens is 291 g/mol. The Balaban J connectivity index is 0.00000128. The summed E-state index contributed by atoms with van der Waals surface area (Å²) in [5, 5.41) is 0. The van der Waals surface area contributed by atoms with Crippen molar-refractivity contribution in [1.82, 2.24) is 0 Å². The van der Waals surface area contributed by atoms with E-state index in [9.17, 15) is 4.79 Å². The van der Waals surface area contributed by atoms with Gasteiger partial charge in [0.25, 0.3) is 0 Å². The smallest absolute Gasteiger partial charge is 0.228 e. The lowest BCUT2D eigenvalue weighted by atomic mass is 10.2. The third-order valence-corrected chi connectivity index (χ3v) is 3.10. The third kappa shape index (κ3) is 2.56. The van der Waals surface area contributed by atoms with Crippen molar-refractivity contribution in [3.8, 4) is 0 Å². The van der Waals surface area contributed by atoms with E-state index in [1.54, 1.807) is 0 Å². The van der Waals surface area contributed by atoms with Crippen LogP contribution in [-0.4, -0.2) is 19.0 Å². The van der Waals surface area contributed by atoms with Gasteiger partial charge in [-0.25, -0.2) is 0 Å². The fraction of sp³-hybridized carbons (Fsp3) is 0.364. The van der Waals surface area contributed by atoms with Gasteiger partial charge in [-0.15, -0.1) is 12.4 Å². The summed E-state index contributed by atoms with van der Waals surface area (Å²) in [4.78, 5) is 13.6. The summed E-state index contributed by atoms with van der Waals surface area (Å²) in [5.41, 5.74) is 7.66. The predicted molar refractivity (Wildman–Crippen MR) is 71.1 cm³/mol. The number of benzene rings is 1. The molecule has 1 aliphatic rings. The second kappa shape index (κ2) is 5.66. The van der Waals surface area contributed by atoms with Crippen LogP contribution in [0.1, 0.15) is 12.0 Å². The van der Waals surface area contributed by atoms with Crippen molar-refractivity contribution in [2.45, 2.75) is 12.8 Å². The van der Waals surface area contributed by atoms with E-state index in [2.05, 4.69) is 22.0 Å². The molecule has 0 unspecified atom stereocenters. The van der Waals surface area contributed by atoms with Crippen molar-refractivity contribution >= 4 is 39.9 Å². The summed E-state index contributed by atoms with van der Waals surface area (Å²) in [7, 11) is 0. The van der Waals surface area contributed by atoms with E-state index in [4.69, 9.17) is 5.73 Å². The zero-order chi connectivity index (χ0) is 10.8. The second-order valence-electron chi connectivity index (χ2n) is 3.61. The van der Waals surface area contributed by atoms with Gasteiger partial charge in [-0.2, -0.15) is 0 Å². The molecule has 88 valence electrons. The second-order valence-corrected chi connectivity index (χ2v) is 4.52. The molecule has 0 spiro atoms. The van der Waals surface area contributed by atoms with Gasteiger partial charge in [-0.1, -0.05) is 22.0 Å². The van der Waals surface area contributed by atoms with Crippen molar-refractivity contribution in [2.75, 3.05) is 18.0 Å². The lowest BCUT2D eigenvalue weighted by Crippen LogP contribution is -2.30. The highest BCUT2D eigenvalue weighted by Gasteiger charge is 2.23. The van der Waals surface area contributed by atoms with E-state index in [0.29, 0.717) is 13.0 Å². The number of anilines is 1. The number of rotatable bonds is 2. The van der Waals surface area contributed by atoms with Crippen LogP contribution in [0.5, 0.6) is 0 Å². The Morgan fingerprint density at radius 2 is 2.25 bits per heavy atom. The number of fused-ring (bicyclic) bond motifs is 1. The topological polar surface area (TPSA) is 46.3 Å². The minimum atomic E-state index is 0. The number of hydrogen-bond donors (Lipinski definition) is 1. The van der Waals surface area contributed by atoms with Gasteiger partial charge in [0.1, 0.15) is 0 Å². The summed E-state index contributed by atoms with van der Waals surface area (Å²) in [6, 6.07) is 6.07. The van der Waals surface area contributed by atoms with E-state index >= 15 is 0 Å². The highest BCUT2D eigenvalue weighted by molar-refractivity contribution is 9.10. The van der Waals surface area contributed by atoms with Gasteiger partial charge in [0.15, 0.2) is 0 Å². The SMILES string of the molecule is Cl.NCCC(=O)N1CCc2ccc(Br)cc21. The Morgan fingerprint density at radius 1 is 1.50 bits per heavy atom. The number of hydrogen-bond acceptors (Lipinski definition) is 2. The van der Waals surface area contributed by atoms with Gasteiger partial charge >= 0.3 is 0 Å². The van der Waals surface area contributed by atoms with Gasteiger partial charge < -0.3 is 10.6 Å². The highest BCUT2D eigenvalue weighted by atomic mass is 79.9. The van der Waals surface area contributed by atoms with Gasteiger partial charge in [0, 0.05) is 29.7 Å². The standard InChI is InChI=1S/C11H13BrN2O.ClH/c12-9-2-1-8-4-6-14(10(8)7-9)11(15)3-5-13;/h1-2,7H,3-6,13H2;1H. The summed E-state index contributed by atoms with van der Waals surface area (Å²) < 4.78 is 1.01. The van der Waals surface area contributed by atoms with Gasteiger partial charge in [0.2, 0.25) is 5.91 Å². The van der Waals surface area contributed by atoms with E-state index in [-0.39, 0.29) is 18.3 Å². The summed E-state index contributed by atoms with van der Waals surface area (Å²) in [6.07, 6.45) is 1.37. The largest absolute Gasteiger partial charge is 0.330 e. The lowest BCUT2D eigenvalue weighted by molar-refractivity contribution is -0.118. The van der Waals surface area contributed by atoms with Crippen molar-refractivity contribution in [2.24, 2.45) is 5.73 Å². The van der Waals surface area contributed by atoms with E-state index in [0.717, 1.165) is 23.1 Å². The van der Waals surface area contributed by atoms with Crippen LogP contribution in [0.15, 0.2) is 22.7 Å². The maximum Gasteiger partial charge on any atom is 0.228 e. The number of carbonyl (C=O) groups is 1. The van der Waals surface area contributed by atoms with Crippen molar-refractivity contribution in [3.63, 3.8) is 0 Å². The molecule has 2 N–H and O–H groups in total. The Morgan fingerprint density at radius 3 is 2.94 bits per heavy atom. The molecule has 0 atom stereocenters. The van der Waals surface area contributed by atoms with Gasteiger partial charge in [0.05, 0.1) is 0 Å². The molecule has 3 nitrogen and oxygen atoms in total. The number of nitrogens with two attached hydrogens (primary N) is 1. The Hall–Kier alpha value is -0.580. The average molecular weight is 306 g/mol. The Kier molecular flexibility index (Phi) is 4.77. The monoisotopic (exact) mass is 304 g/mol. The molecule has 1 aliphatic heterocycles. The molecule has 0 saturated carbocycles. The minimum Gasteiger partial charge on any atom is -0.330 e. The van der Waals surface area contributed by atoms with Crippen LogP contribution in [0.4, 0.5) is 5.69 Å². The quantitative estimate of drug-likeness (QED) is 0.909. The van der Waals surface area contributed by atoms with Crippen molar-refractivity contribution in [3.05, 3.63) is 28.2 Å². The number of nitrogens with zero attached hydrogens (tertiary/aromatic N) is 1. The third-order valence-electron chi connectivity index (χ3n) is 2.60. The molecule has 0 bridgehead atoms. The van der Waals surface area contributed by atoms with Crippen LogP contribution in [0, 0.1) is 0 Å². The summed E-state index contributed by atoms with van der Waals surface area (Å²) >= 11 is 3.42. The molecule has 1 amide bonds. The summed E-state index contributed by atoms with van der Waals surface area (Å²) in [5.74, 6) is 0.120. The van der Waals surface area contributed by atoms with Crippen molar-refractivity contribution < 1.29 is 4.79 Å². The maximum absolute atomic E-state index is 11.7. The molecule has 0 aromatic heterocycles. The first kappa shape index (κ1) is 13.5. The maximum atomic E-state index is 11.7. The molecule has 2 rings (SSSR count). The molecule has 0 aliphatic carbocycles. The first-order valence-corrected chi connectivity index (χ1v) is 5.80. The van der Waals surface area contributed by atoms with Crippen LogP contribution in [-0.2, 0) is 11.2 Å². The first-order chi connectivity index (χ1) is 7.22. The van der Waals surface area contributed by atoms with Crippen molar-refractivity contribution in [1.29, 1.82) is 0 Å². The van der Waals surface area contributed by atoms with Crippen LogP contribution < -0.4 is 10.6 Å². The first-order valence-electron chi connectivity index (χ1n) is 5.01. The normalized spacial score (nSPS) is 13.2. The number of halogens is 2. The number of amides is 1. The molecule has 16 heavy (non-hydrogen) atoms. The van der Waals surface area contributed by atoms with Crippen LogP contribution in [0.3, 0.4) is 0 Å². The minimum absolute atomic E-state index is 0. The molecule has 5 heteroatoms. The fourth-order valence-electron chi connectivity index (χ4n) is 1.87. The molecule has 0 fully saturated rings. The van der Waals surface area contributed by atoms with Crippen LogP contribution in [0.2, 0.25) is 0 Å². The Bertz CT molecular complexity index is 398. The molecule has 1 aromatic carbocycles. The zero-order valence-electron chi connectivity index (χ0n) is 8.78. The van der Waals surface area contributed by atoms with Gasteiger partial charge in [-0.05, 0) is 24.1 Å². The molecule has 0 saturated heterocycles. The zero-order valence-corrected chi connectivity index (χ0v) is 11.2. The van der Waals surface area contributed by atoms with E-state index in [1.165, 1.54) is 5.56 Å². The van der Waals surface area contributed by atoms with Crippen LogP contribution >= 0.6 is 28.3 Å². The number of carbonyl (C=O) groups excluding carboxylic acids is 1.